The molecule has 0 aliphatic heterocycles. The number of alkyl halides is 1. The van der Waals surface area contributed by atoms with Crippen LogP contribution in [0.4, 0.5) is 0 Å². The van der Waals surface area contributed by atoms with Crippen molar-refractivity contribution in [3.05, 3.63) is 33.3 Å². The molecule has 0 N–H and O–H groups in total. The summed E-state index contributed by atoms with van der Waals surface area (Å²) in [5.74, 6) is 0.678. The van der Waals surface area contributed by atoms with Crippen LogP contribution in [-0.2, 0) is 5.33 Å². The van der Waals surface area contributed by atoms with E-state index in [9.17, 15) is 0 Å². The highest BCUT2D eigenvalue weighted by molar-refractivity contribution is 9.08. The summed E-state index contributed by atoms with van der Waals surface area (Å²) in [5.41, 5.74) is 2.53. The highest BCUT2D eigenvalue weighted by Gasteiger charge is 2.28. The molecule has 0 unspecified atom stereocenters. The summed E-state index contributed by atoms with van der Waals surface area (Å²) >= 11 is 15.5. The minimum Gasteiger partial charge on any atom is -0.0876 e. The first-order chi connectivity index (χ1) is 6.22. The van der Waals surface area contributed by atoms with Crippen molar-refractivity contribution in [2.45, 2.75) is 24.1 Å². The van der Waals surface area contributed by atoms with Crippen LogP contribution in [0.1, 0.15) is 29.9 Å². The van der Waals surface area contributed by atoms with Crippen molar-refractivity contribution in [1.29, 1.82) is 0 Å². The number of rotatable bonds is 2. The molecule has 70 valence electrons. The van der Waals surface area contributed by atoms with Crippen LogP contribution in [0.25, 0.3) is 0 Å². The zero-order valence-electron chi connectivity index (χ0n) is 6.99. The molecule has 3 heteroatoms. The van der Waals surface area contributed by atoms with Crippen LogP contribution < -0.4 is 0 Å². The predicted molar refractivity (Wildman–Crippen MR) is 61.1 cm³/mol. The molecule has 1 aliphatic carbocycles. The van der Waals surface area contributed by atoms with Gasteiger partial charge in [-0.15, -0.1) is 0 Å². The lowest BCUT2D eigenvalue weighted by Gasteiger charge is -2.08. The fourth-order valence-electron chi connectivity index (χ4n) is 1.58. The topological polar surface area (TPSA) is 0 Å². The highest BCUT2D eigenvalue weighted by Crippen LogP contribution is 2.46. The average molecular weight is 280 g/mol. The van der Waals surface area contributed by atoms with E-state index < -0.39 is 0 Å². The zero-order valence-corrected chi connectivity index (χ0v) is 10.1. The standard InChI is InChI=1S/C10H9BrCl2/c11-5-7-3-8(12)4-9(13)10(7)6-1-2-6/h3-4,6H,1-2,5H2. The third-order valence-corrected chi connectivity index (χ3v) is 3.44. The fraction of sp³-hybridized carbons (Fsp3) is 0.400. The molecule has 2 rings (SSSR count). The summed E-state index contributed by atoms with van der Waals surface area (Å²) in [7, 11) is 0. The van der Waals surface area contributed by atoms with E-state index in [1.165, 1.54) is 24.0 Å². The Morgan fingerprint density at radius 2 is 2.00 bits per heavy atom. The average Bonchev–Trinajstić information content (AvgIpc) is 2.86. The monoisotopic (exact) mass is 278 g/mol. The minimum absolute atomic E-state index is 0.678. The Balaban J connectivity index is 2.50. The Morgan fingerprint density at radius 1 is 1.31 bits per heavy atom. The van der Waals surface area contributed by atoms with E-state index >= 15 is 0 Å². The molecule has 13 heavy (non-hydrogen) atoms. The molecular formula is C10H9BrCl2. The van der Waals surface area contributed by atoms with Crippen molar-refractivity contribution in [3.63, 3.8) is 0 Å². The van der Waals surface area contributed by atoms with Crippen molar-refractivity contribution in [1.82, 2.24) is 0 Å². The van der Waals surface area contributed by atoms with Gasteiger partial charge in [-0.25, -0.2) is 0 Å². The normalized spacial score (nSPS) is 16.2. The molecule has 1 aromatic carbocycles. The van der Waals surface area contributed by atoms with Crippen molar-refractivity contribution < 1.29 is 0 Å². The minimum atomic E-state index is 0.678. The van der Waals surface area contributed by atoms with Crippen LogP contribution in [-0.4, -0.2) is 0 Å². The van der Waals surface area contributed by atoms with Gasteiger partial charge in [0.15, 0.2) is 0 Å². The van der Waals surface area contributed by atoms with E-state index in [2.05, 4.69) is 15.9 Å². The van der Waals surface area contributed by atoms with Gasteiger partial charge in [-0.2, -0.15) is 0 Å². The Kier molecular flexibility index (Phi) is 2.87. The number of halogens is 3. The SMILES string of the molecule is Clc1cc(Cl)c(C2CC2)c(CBr)c1. The maximum absolute atomic E-state index is 6.14. The third-order valence-electron chi connectivity index (χ3n) is 2.31. The lowest BCUT2D eigenvalue weighted by atomic mass is 10.0. The molecule has 0 heterocycles. The van der Waals surface area contributed by atoms with Crippen molar-refractivity contribution in [2.24, 2.45) is 0 Å². The van der Waals surface area contributed by atoms with Crippen LogP contribution in [0.5, 0.6) is 0 Å². The Hall–Kier alpha value is 0.280. The van der Waals surface area contributed by atoms with E-state index in [4.69, 9.17) is 23.2 Å². The maximum Gasteiger partial charge on any atom is 0.0458 e. The van der Waals surface area contributed by atoms with Gasteiger partial charge in [0.1, 0.15) is 0 Å². The van der Waals surface area contributed by atoms with Crippen molar-refractivity contribution in [2.75, 3.05) is 0 Å². The van der Waals surface area contributed by atoms with Gasteiger partial charge in [-0.05, 0) is 42.0 Å². The first kappa shape index (κ1) is 9.82. The molecular weight excluding hydrogens is 271 g/mol. The summed E-state index contributed by atoms with van der Waals surface area (Å²) in [4.78, 5) is 0. The van der Waals surface area contributed by atoms with E-state index in [0.717, 1.165) is 15.4 Å². The smallest absolute Gasteiger partial charge is 0.0458 e. The molecule has 0 atom stereocenters. The van der Waals surface area contributed by atoms with Gasteiger partial charge < -0.3 is 0 Å². The fourth-order valence-corrected chi connectivity index (χ4v) is 2.73. The van der Waals surface area contributed by atoms with Gasteiger partial charge in [0, 0.05) is 15.4 Å². The molecule has 0 nitrogen and oxygen atoms in total. The van der Waals surface area contributed by atoms with Crippen molar-refractivity contribution in [3.8, 4) is 0 Å². The second-order valence-corrected chi connectivity index (χ2v) is 4.77. The number of benzene rings is 1. The molecule has 0 saturated heterocycles. The van der Waals surface area contributed by atoms with Crippen LogP contribution in [0.3, 0.4) is 0 Å². The van der Waals surface area contributed by atoms with Gasteiger partial charge in [-0.1, -0.05) is 39.1 Å². The molecule has 1 fully saturated rings. The maximum atomic E-state index is 6.14. The van der Waals surface area contributed by atoms with Gasteiger partial charge in [0.2, 0.25) is 0 Å². The van der Waals surface area contributed by atoms with E-state index in [1.54, 1.807) is 0 Å². The first-order valence-corrected chi connectivity index (χ1v) is 6.14. The molecule has 1 aromatic rings. The summed E-state index contributed by atoms with van der Waals surface area (Å²) in [6.07, 6.45) is 2.53. The summed E-state index contributed by atoms with van der Waals surface area (Å²) in [6, 6.07) is 3.83. The number of hydrogen-bond acceptors (Lipinski definition) is 0. The molecule has 0 spiro atoms. The molecule has 0 radical (unpaired) electrons. The third kappa shape index (κ3) is 2.03. The lowest BCUT2D eigenvalue weighted by Crippen LogP contribution is -1.90. The number of hydrogen-bond donors (Lipinski definition) is 0. The molecule has 1 aliphatic rings. The second kappa shape index (κ2) is 3.80. The molecule has 1 saturated carbocycles. The zero-order chi connectivity index (χ0) is 9.42. The molecule has 0 amide bonds. The van der Waals surface area contributed by atoms with Crippen LogP contribution in [0.2, 0.25) is 10.0 Å². The Bertz CT molecular complexity index is 332. The summed E-state index contributed by atoms with van der Waals surface area (Å²) in [5, 5.41) is 2.38. The van der Waals surface area contributed by atoms with Gasteiger partial charge in [0.25, 0.3) is 0 Å². The van der Waals surface area contributed by atoms with E-state index in [-0.39, 0.29) is 0 Å². The van der Waals surface area contributed by atoms with Crippen LogP contribution >= 0.6 is 39.1 Å². The van der Waals surface area contributed by atoms with Gasteiger partial charge in [0.05, 0.1) is 0 Å². The van der Waals surface area contributed by atoms with E-state index in [0.29, 0.717) is 5.92 Å². The largest absolute Gasteiger partial charge is 0.0876 e. The predicted octanol–water partition coefficient (Wildman–Crippen LogP) is 4.77. The Labute approximate surface area is 96.4 Å². The summed E-state index contributed by atoms with van der Waals surface area (Å²) in [6.45, 7) is 0. The quantitative estimate of drug-likeness (QED) is 0.685. The van der Waals surface area contributed by atoms with Crippen LogP contribution in [0, 0.1) is 0 Å². The second-order valence-electron chi connectivity index (χ2n) is 3.37. The highest BCUT2D eigenvalue weighted by atomic mass is 79.9. The van der Waals surface area contributed by atoms with Crippen molar-refractivity contribution >= 4 is 39.1 Å². The molecule has 0 aromatic heterocycles. The van der Waals surface area contributed by atoms with Gasteiger partial charge in [-0.3, -0.25) is 0 Å². The first-order valence-electron chi connectivity index (χ1n) is 4.26. The van der Waals surface area contributed by atoms with Gasteiger partial charge >= 0.3 is 0 Å². The Morgan fingerprint density at radius 3 is 2.54 bits per heavy atom. The lowest BCUT2D eigenvalue weighted by molar-refractivity contribution is 1.09. The van der Waals surface area contributed by atoms with E-state index in [1.807, 2.05) is 12.1 Å². The molecule has 0 bridgehead atoms. The van der Waals surface area contributed by atoms with Crippen LogP contribution in [0.15, 0.2) is 12.1 Å². The summed E-state index contributed by atoms with van der Waals surface area (Å²) < 4.78 is 0.